The van der Waals surface area contributed by atoms with E-state index in [1.165, 1.54) is 0 Å². The fourth-order valence-corrected chi connectivity index (χ4v) is 1.41. The summed E-state index contributed by atoms with van der Waals surface area (Å²) in [6.07, 6.45) is -2.38. The Hall–Kier alpha value is -0.780. The Labute approximate surface area is 80.0 Å². The first kappa shape index (κ1) is 11.3. The zero-order valence-electron chi connectivity index (χ0n) is 7.66. The number of halogens is 3. The fraction of sp³-hybridized carbons (Fsp3) is 0.875. The average molecular weight is 210 g/mol. The highest BCUT2D eigenvalue weighted by Crippen LogP contribution is 2.15. The number of amides is 1. The summed E-state index contributed by atoms with van der Waals surface area (Å²) in [6, 6.07) is -0.397. The van der Waals surface area contributed by atoms with Crippen molar-refractivity contribution >= 4 is 5.91 Å². The topological polar surface area (TPSA) is 41.1 Å². The predicted molar refractivity (Wildman–Crippen MR) is 44.7 cm³/mol. The van der Waals surface area contributed by atoms with Gasteiger partial charge < -0.3 is 10.6 Å². The third-order valence-electron chi connectivity index (χ3n) is 2.14. The van der Waals surface area contributed by atoms with E-state index < -0.39 is 18.1 Å². The summed E-state index contributed by atoms with van der Waals surface area (Å²) < 4.78 is 35.6. The third kappa shape index (κ3) is 3.53. The molecule has 6 heteroatoms. The predicted octanol–water partition coefficient (Wildman–Crippen LogP) is 0.807. The minimum Gasteiger partial charge on any atom is -0.344 e. The number of rotatable bonds is 1. The summed E-state index contributed by atoms with van der Waals surface area (Å²) in [5, 5.41) is 4.94. The smallest absolute Gasteiger partial charge is 0.344 e. The lowest BCUT2D eigenvalue weighted by atomic mass is 10.1. The van der Waals surface area contributed by atoms with Gasteiger partial charge in [0.2, 0.25) is 0 Å². The highest BCUT2D eigenvalue weighted by molar-refractivity contribution is 5.81. The van der Waals surface area contributed by atoms with Gasteiger partial charge in [-0.1, -0.05) is 6.42 Å². The van der Waals surface area contributed by atoms with Crippen LogP contribution in [-0.4, -0.2) is 31.2 Å². The van der Waals surface area contributed by atoms with Gasteiger partial charge in [0.1, 0.15) is 0 Å². The van der Waals surface area contributed by atoms with E-state index in [0.29, 0.717) is 13.0 Å². The molecule has 1 saturated heterocycles. The van der Waals surface area contributed by atoms with Crippen LogP contribution >= 0.6 is 0 Å². The molecule has 1 rings (SSSR count). The number of hydrogen-bond acceptors (Lipinski definition) is 2. The molecule has 0 saturated carbocycles. The van der Waals surface area contributed by atoms with Crippen molar-refractivity contribution in [2.75, 3.05) is 13.1 Å². The van der Waals surface area contributed by atoms with E-state index in [1.807, 2.05) is 5.32 Å². The molecule has 1 fully saturated rings. The zero-order valence-corrected chi connectivity index (χ0v) is 7.66. The molecule has 1 aliphatic heterocycles. The van der Waals surface area contributed by atoms with Gasteiger partial charge in [-0.3, -0.25) is 4.79 Å². The lowest BCUT2D eigenvalue weighted by Gasteiger charge is -2.17. The maximum Gasteiger partial charge on any atom is 0.471 e. The van der Waals surface area contributed by atoms with E-state index in [2.05, 4.69) is 5.32 Å². The molecule has 0 aliphatic carbocycles. The molecular formula is C8H13F3N2O. The molecule has 1 aliphatic rings. The molecule has 1 atom stereocenters. The van der Waals surface area contributed by atoms with Crippen LogP contribution in [0.4, 0.5) is 13.2 Å². The zero-order chi connectivity index (χ0) is 10.6. The van der Waals surface area contributed by atoms with Gasteiger partial charge in [-0.15, -0.1) is 0 Å². The Bertz CT molecular complexity index is 197. The SMILES string of the molecule is O=C(NC1CCCCNC1)C(F)(F)F. The van der Waals surface area contributed by atoms with Gasteiger partial charge in [0.15, 0.2) is 0 Å². The van der Waals surface area contributed by atoms with Crippen LogP contribution in [0.3, 0.4) is 0 Å². The maximum atomic E-state index is 11.9. The number of alkyl halides is 3. The summed E-state index contributed by atoms with van der Waals surface area (Å²) in [4.78, 5) is 10.6. The minimum absolute atomic E-state index is 0.397. The van der Waals surface area contributed by atoms with Crippen molar-refractivity contribution in [3.8, 4) is 0 Å². The highest BCUT2D eigenvalue weighted by Gasteiger charge is 2.39. The van der Waals surface area contributed by atoms with Crippen molar-refractivity contribution in [1.82, 2.24) is 10.6 Å². The van der Waals surface area contributed by atoms with Crippen LogP contribution in [0.5, 0.6) is 0 Å². The first-order valence-corrected chi connectivity index (χ1v) is 4.58. The summed E-state index contributed by atoms with van der Waals surface area (Å²) in [7, 11) is 0. The summed E-state index contributed by atoms with van der Waals surface area (Å²) in [6.45, 7) is 1.22. The van der Waals surface area contributed by atoms with Gasteiger partial charge in [-0.25, -0.2) is 0 Å². The molecule has 1 unspecified atom stereocenters. The standard InChI is InChI=1S/C8H13F3N2O/c9-8(10,11)7(14)13-6-3-1-2-4-12-5-6/h6,12H,1-5H2,(H,13,14). The van der Waals surface area contributed by atoms with Crippen molar-refractivity contribution in [3.63, 3.8) is 0 Å². The minimum atomic E-state index is -4.77. The van der Waals surface area contributed by atoms with Crippen molar-refractivity contribution < 1.29 is 18.0 Å². The van der Waals surface area contributed by atoms with E-state index in [4.69, 9.17) is 0 Å². The van der Waals surface area contributed by atoms with Crippen molar-refractivity contribution in [2.45, 2.75) is 31.5 Å². The van der Waals surface area contributed by atoms with Crippen LogP contribution in [0.25, 0.3) is 0 Å². The van der Waals surface area contributed by atoms with Crippen molar-refractivity contribution in [3.05, 3.63) is 0 Å². The summed E-state index contributed by atoms with van der Waals surface area (Å²) in [5.74, 6) is -1.84. The Kier molecular flexibility index (Phi) is 3.74. The van der Waals surface area contributed by atoms with Crippen LogP contribution in [0.2, 0.25) is 0 Å². The third-order valence-corrected chi connectivity index (χ3v) is 2.14. The monoisotopic (exact) mass is 210 g/mol. The second kappa shape index (κ2) is 4.63. The normalized spacial score (nSPS) is 24.1. The fourth-order valence-electron chi connectivity index (χ4n) is 1.41. The van der Waals surface area contributed by atoms with E-state index in [1.54, 1.807) is 0 Å². The molecule has 0 bridgehead atoms. The second-order valence-electron chi connectivity index (χ2n) is 3.37. The molecule has 14 heavy (non-hydrogen) atoms. The highest BCUT2D eigenvalue weighted by atomic mass is 19.4. The molecule has 0 spiro atoms. The van der Waals surface area contributed by atoms with Gasteiger partial charge in [-0.05, 0) is 19.4 Å². The van der Waals surface area contributed by atoms with E-state index in [-0.39, 0.29) is 0 Å². The maximum absolute atomic E-state index is 11.9. The van der Waals surface area contributed by atoms with Crippen molar-refractivity contribution in [1.29, 1.82) is 0 Å². The Morgan fingerprint density at radius 3 is 2.71 bits per heavy atom. The van der Waals surface area contributed by atoms with Crippen LogP contribution in [0.1, 0.15) is 19.3 Å². The molecule has 82 valence electrons. The molecule has 0 aromatic heterocycles. The Morgan fingerprint density at radius 2 is 2.07 bits per heavy atom. The van der Waals surface area contributed by atoms with Crippen LogP contribution < -0.4 is 10.6 Å². The second-order valence-corrected chi connectivity index (χ2v) is 3.37. The lowest BCUT2D eigenvalue weighted by Crippen LogP contribution is -2.46. The average Bonchev–Trinajstić information content (AvgIpc) is 2.31. The van der Waals surface area contributed by atoms with Crippen molar-refractivity contribution in [2.24, 2.45) is 0 Å². The van der Waals surface area contributed by atoms with Gasteiger partial charge in [0.25, 0.3) is 0 Å². The molecule has 1 amide bonds. The van der Waals surface area contributed by atoms with Gasteiger partial charge >= 0.3 is 12.1 Å². The molecule has 0 radical (unpaired) electrons. The molecule has 3 nitrogen and oxygen atoms in total. The van der Waals surface area contributed by atoms with Gasteiger partial charge in [-0.2, -0.15) is 13.2 Å². The summed E-state index contributed by atoms with van der Waals surface area (Å²) in [5.41, 5.74) is 0. The quantitative estimate of drug-likeness (QED) is 0.672. The number of carbonyl (C=O) groups is 1. The lowest BCUT2D eigenvalue weighted by molar-refractivity contribution is -0.174. The van der Waals surface area contributed by atoms with Crippen LogP contribution in [-0.2, 0) is 4.79 Å². The molecule has 0 aromatic carbocycles. The number of carbonyl (C=O) groups excluding carboxylic acids is 1. The first-order chi connectivity index (χ1) is 6.50. The first-order valence-electron chi connectivity index (χ1n) is 4.58. The van der Waals surface area contributed by atoms with E-state index in [9.17, 15) is 18.0 Å². The molecule has 1 heterocycles. The van der Waals surface area contributed by atoms with Gasteiger partial charge in [0, 0.05) is 12.6 Å². The molecule has 2 N–H and O–H groups in total. The van der Waals surface area contributed by atoms with E-state index >= 15 is 0 Å². The number of nitrogens with one attached hydrogen (secondary N) is 2. The largest absolute Gasteiger partial charge is 0.471 e. The van der Waals surface area contributed by atoms with E-state index in [0.717, 1.165) is 19.4 Å². The van der Waals surface area contributed by atoms with Gasteiger partial charge in [0.05, 0.1) is 0 Å². The Balaban J connectivity index is 2.38. The number of hydrogen-bond donors (Lipinski definition) is 2. The molecular weight excluding hydrogens is 197 g/mol. The van der Waals surface area contributed by atoms with Crippen LogP contribution in [0.15, 0.2) is 0 Å². The van der Waals surface area contributed by atoms with Crippen LogP contribution in [0, 0.1) is 0 Å². The Morgan fingerprint density at radius 1 is 1.36 bits per heavy atom. The molecule has 0 aromatic rings. The summed E-state index contributed by atoms with van der Waals surface area (Å²) >= 11 is 0.